The molecule has 0 rings (SSSR count). The van der Waals surface area contributed by atoms with Crippen LogP contribution in [0.2, 0.25) is 0 Å². The van der Waals surface area contributed by atoms with E-state index in [0.29, 0.717) is 0 Å². The number of carbonyl (C=O) groups is 2. The van der Waals surface area contributed by atoms with Gasteiger partial charge in [0, 0.05) is 19.8 Å². The van der Waals surface area contributed by atoms with E-state index >= 15 is 0 Å². The van der Waals surface area contributed by atoms with Crippen LogP contribution in [0.4, 0.5) is 0 Å². The van der Waals surface area contributed by atoms with Gasteiger partial charge in [0.15, 0.2) is 0 Å². The van der Waals surface area contributed by atoms with E-state index in [0.717, 1.165) is 0 Å². The van der Waals surface area contributed by atoms with Crippen molar-refractivity contribution in [2.45, 2.75) is 6.92 Å². The second-order valence-electron chi connectivity index (χ2n) is 2.25. The molecule has 0 aromatic rings. The average Bonchev–Trinajstić information content (AvgIpc) is 2.14. The number of methoxy groups -OCH3 is 1. The quantitative estimate of drug-likeness (QED) is 0.464. The Labute approximate surface area is 82.5 Å². The van der Waals surface area contributed by atoms with Crippen LogP contribution in [0.15, 0.2) is 12.2 Å². The maximum Gasteiger partial charge on any atom is 0.357 e. The van der Waals surface area contributed by atoms with E-state index in [9.17, 15) is 9.59 Å². The largest absolute Gasteiger partial charge is 0.388 e. The lowest BCUT2D eigenvalue weighted by Crippen LogP contribution is -2.28. The number of rotatable bonds is 2. The Hall–Kier alpha value is -1.40. The molecule has 0 radical (unpaired) electrons. The summed E-state index contributed by atoms with van der Waals surface area (Å²) in [6.07, 6.45) is 0. The third kappa shape index (κ3) is 10.6. The van der Waals surface area contributed by atoms with E-state index in [1.807, 2.05) is 0 Å². The summed E-state index contributed by atoms with van der Waals surface area (Å²) in [5.41, 5.74) is 2.00. The minimum atomic E-state index is -0.917. The third-order valence-corrected chi connectivity index (χ3v) is 0.774. The summed E-state index contributed by atoms with van der Waals surface area (Å²) in [5.74, 6) is -1.51. The monoisotopic (exact) mass is 205 g/mol. The van der Waals surface area contributed by atoms with Gasteiger partial charge in [0.1, 0.15) is 6.61 Å². The van der Waals surface area contributed by atoms with Gasteiger partial charge >= 0.3 is 5.97 Å². The molecule has 2 N–H and O–H groups in total. The van der Waals surface area contributed by atoms with Gasteiger partial charge < -0.3 is 14.7 Å². The van der Waals surface area contributed by atoms with Gasteiger partial charge in [-0.25, -0.2) is 4.79 Å². The second kappa shape index (κ2) is 9.69. The van der Waals surface area contributed by atoms with Crippen molar-refractivity contribution in [3.05, 3.63) is 12.2 Å². The molecule has 0 atom stereocenters. The van der Waals surface area contributed by atoms with Gasteiger partial charge in [-0.15, -0.1) is 0 Å². The number of nitrogens with one attached hydrogen (secondary N) is 1. The molecular formula is C8H15NO5. The molecule has 6 nitrogen and oxygen atoms in total. The Morgan fingerprint density at radius 3 is 2.14 bits per heavy atom. The zero-order chi connectivity index (χ0) is 11.6. The Bertz CT molecular complexity index is 202. The van der Waals surface area contributed by atoms with Gasteiger partial charge in [-0.3, -0.25) is 4.79 Å². The molecule has 0 unspecified atom stereocenters. The number of amides is 1. The number of aliphatic hydroxyl groups excluding tert-OH is 1. The minimum absolute atomic E-state index is 0.218. The summed E-state index contributed by atoms with van der Waals surface area (Å²) in [4.78, 5) is 24.9. The predicted molar refractivity (Wildman–Crippen MR) is 49.1 cm³/mol. The number of hydrogen-bond acceptors (Lipinski definition) is 5. The highest BCUT2D eigenvalue weighted by molar-refractivity contribution is 5.92. The first-order chi connectivity index (χ1) is 6.49. The highest BCUT2D eigenvalue weighted by Crippen LogP contribution is 1.84. The predicted octanol–water partition coefficient (Wildman–Crippen LogP) is -0.608. The molecule has 0 aliphatic carbocycles. The molecule has 6 heteroatoms. The zero-order valence-corrected chi connectivity index (χ0v) is 8.49. The Kier molecular flexibility index (Phi) is 10.4. The van der Waals surface area contributed by atoms with Crippen LogP contribution in [0.25, 0.3) is 0 Å². The highest BCUT2D eigenvalue weighted by atomic mass is 16.7. The Morgan fingerprint density at radius 2 is 1.86 bits per heavy atom. The first-order valence-corrected chi connectivity index (χ1v) is 3.66. The van der Waals surface area contributed by atoms with Gasteiger partial charge in [-0.1, -0.05) is 6.58 Å². The van der Waals surface area contributed by atoms with Gasteiger partial charge in [0.25, 0.3) is 5.91 Å². The summed E-state index contributed by atoms with van der Waals surface area (Å²) in [6, 6.07) is 0. The zero-order valence-electron chi connectivity index (χ0n) is 8.49. The van der Waals surface area contributed by atoms with Crippen molar-refractivity contribution in [1.82, 2.24) is 5.48 Å². The lowest BCUT2D eigenvalue weighted by molar-refractivity contribution is -0.159. The van der Waals surface area contributed by atoms with Crippen LogP contribution in [-0.2, 0) is 19.2 Å². The maximum atomic E-state index is 10.6. The third-order valence-electron chi connectivity index (χ3n) is 0.774. The van der Waals surface area contributed by atoms with Crippen molar-refractivity contribution in [2.75, 3.05) is 20.8 Å². The highest BCUT2D eigenvalue weighted by Gasteiger charge is 2.04. The summed E-state index contributed by atoms with van der Waals surface area (Å²) < 4.78 is 4.25. The van der Waals surface area contributed by atoms with E-state index in [2.05, 4.69) is 16.2 Å². The van der Waals surface area contributed by atoms with Crippen LogP contribution in [-0.4, -0.2) is 37.8 Å². The van der Waals surface area contributed by atoms with Crippen molar-refractivity contribution in [2.24, 2.45) is 0 Å². The van der Waals surface area contributed by atoms with Crippen LogP contribution in [0, 0.1) is 0 Å². The minimum Gasteiger partial charge on any atom is -0.388 e. The molecule has 0 aromatic heterocycles. The van der Waals surface area contributed by atoms with Crippen LogP contribution in [0.3, 0.4) is 0 Å². The molecule has 0 heterocycles. The fourth-order valence-electron chi connectivity index (χ4n) is 0.223. The molecule has 0 saturated carbocycles. The number of aliphatic hydroxyl groups is 1. The topological polar surface area (TPSA) is 84.9 Å². The molecule has 0 aromatic carbocycles. The number of hydroxylamine groups is 1. The summed E-state index contributed by atoms with van der Waals surface area (Å²) >= 11 is 0. The van der Waals surface area contributed by atoms with E-state index in [1.165, 1.54) is 6.92 Å². The fourth-order valence-corrected chi connectivity index (χ4v) is 0.223. The van der Waals surface area contributed by atoms with E-state index < -0.39 is 18.5 Å². The fraction of sp³-hybridized carbons (Fsp3) is 0.500. The molecule has 0 fully saturated rings. The molecule has 14 heavy (non-hydrogen) atoms. The normalized spacial score (nSPS) is 8.00. The lowest BCUT2D eigenvalue weighted by atomic mass is 10.3. The Morgan fingerprint density at radius 1 is 1.43 bits per heavy atom. The van der Waals surface area contributed by atoms with Gasteiger partial charge in [-0.2, -0.15) is 5.48 Å². The van der Waals surface area contributed by atoms with Crippen LogP contribution in [0.1, 0.15) is 6.92 Å². The van der Waals surface area contributed by atoms with Gasteiger partial charge in [0.05, 0.1) is 0 Å². The standard InChI is InChI=1S/C6H9NO4.C2H6O/c1-4(2)6(10)7-11-5(9)3-8;1-3-2/h8H,1,3H2,2H3,(H,7,10);1-2H3. The summed E-state index contributed by atoms with van der Waals surface area (Å²) in [6.45, 7) is 3.99. The lowest BCUT2D eigenvalue weighted by Gasteiger charge is -2.02. The molecule has 0 bridgehead atoms. The molecule has 0 spiro atoms. The van der Waals surface area contributed by atoms with Crippen molar-refractivity contribution in [3.8, 4) is 0 Å². The van der Waals surface area contributed by atoms with E-state index in [1.54, 1.807) is 19.7 Å². The summed E-state index contributed by atoms with van der Waals surface area (Å²) in [5, 5.41) is 8.14. The molecule has 0 aliphatic rings. The number of hydrogen-bond donors (Lipinski definition) is 2. The first-order valence-electron chi connectivity index (χ1n) is 3.66. The number of ether oxygens (including phenoxy) is 1. The Balaban J connectivity index is 0. The SMILES string of the molecule is C=C(C)C(=O)NOC(=O)CO.COC. The van der Waals surface area contributed by atoms with Crippen molar-refractivity contribution < 1.29 is 24.3 Å². The molecule has 0 saturated heterocycles. The second-order valence-corrected chi connectivity index (χ2v) is 2.25. The average molecular weight is 205 g/mol. The molecular weight excluding hydrogens is 190 g/mol. The molecule has 0 aliphatic heterocycles. The molecule has 82 valence electrons. The summed E-state index contributed by atoms with van der Waals surface area (Å²) in [7, 11) is 3.25. The van der Waals surface area contributed by atoms with Crippen molar-refractivity contribution in [3.63, 3.8) is 0 Å². The maximum absolute atomic E-state index is 10.6. The smallest absolute Gasteiger partial charge is 0.357 e. The van der Waals surface area contributed by atoms with Gasteiger partial charge in [0.2, 0.25) is 0 Å². The van der Waals surface area contributed by atoms with Crippen molar-refractivity contribution in [1.29, 1.82) is 0 Å². The molecule has 1 amide bonds. The first kappa shape index (κ1) is 15.1. The van der Waals surface area contributed by atoms with Gasteiger partial charge in [-0.05, 0) is 6.92 Å². The number of carbonyl (C=O) groups excluding carboxylic acids is 2. The van der Waals surface area contributed by atoms with E-state index in [4.69, 9.17) is 5.11 Å². The van der Waals surface area contributed by atoms with Crippen molar-refractivity contribution >= 4 is 11.9 Å². The van der Waals surface area contributed by atoms with Crippen LogP contribution < -0.4 is 5.48 Å². The van der Waals surface area contributed by atoms with E-state index in [-0.39, 0.29) is 5.57 Å². The van der Waals surface area contributed by atoms with Crippen LogP contribution >= 0.6 is 0 Å². The van der Waals surface area contributed by atoms with Crippen LogP contribution in [0.5, 0.6) is 0 Å².